The maximum absolute atomic E-state index is 6.12. The van der Waals surface area contributed by atoms with Gasteiger partial charge in [-0.3, -0.25) is 0 Å². The van der Waals surface area contributed by atoms with E-state index in [1.54, 1.807) is 0 Å². The van der Waals surface area contributed by atoms with Gasteiger partial charge in [-0.05, 0) is 46.7 Å². The fourth-order valence-electron chi connectivity index (χ4n) is 3.03. The van der Waals surface area contributed by atoms with Crippen molar-refractivity contribution in [3.63, 3.8) is 0 Å². The Kier molecular flexibility index (Phi) is 3.54. The summed E-state index contributed by atoms with van der Waals surface area (Å²) >= 11 is 0. The molecule has 1 aromatic heterocycles. The zero-order chi connectivity index (χ0) is 14.3. The molecule has 5 heteroatoms. The topological polar surface area (TPSA) is 58.3 Å². The molecule has 1 atom stereocenters. The number of nitrogens with zero attached hydrogens (tertiary/aromatic N) is 4. The zero-order valence-corrected chi connectivity index (χ0v) is 12.8. The third-order valence-electron chi connectivity index (χ3n) is 4.44. The van der Waals surface area contributed by atoms with Crippen molar-refractivity contribution in [1.82, 2.24) is 14.9 Å². The highest BCUT2D eigenvalue weighted by atomic mass is 15.3. The van der Waals surface area contributed by atoms with Gasteiger partial charge in [0.15, 0.2) is 0 Å². The van der Waals surface area contributed by atoms with Crippen LogP contribution in [0.4, 0.5) is 11.6 Å². The molecule has 3 rings (SSSR count). The number of aromatic nitrogens is 2. The minimum atomic E-state index is 0.461. The summed E-state index contributed by atoms with van der Waals surface area (Å²) in [6.45, 7) is 7.59. The molecule has 1 aliphatic carbocycles. The molecular formula is C15H25N5. The Labute approximate surface area is 121 Å². The normalized spacial score (nSPS) is 24.8. The quantitative estimate of drug-likeness (QED) is 0.891. The van der Waals surface area contributed by atoms with E-state index >= 15 is 0 Å². The largest absolute Gasteiger partial charge is 0.383 e. The standard InChI is InChI=1S/C15H25N5/c1-10-9-19(3)7-4-8-20(10)15-11(2)13(16)17-14(18-15)12-5-6-12/h10,12H,4-9H2,1-3H3,(H2,16,17,18). The lowest BCUT2D eigenvalue weighted by atomic mass is 10.2. The Hall–Kier alpha value is -1.36. The van der Waals surface area contributed by atoms with Crippen LogP contribution in [0, 0.1) is 6.92 Å². The summed E-state index contributed by atoms with van der Waals surface area (Å²) in [7, 11) is 2.19. The number of rotatable bonds is 2. The average molecular weight is 275 g/mol. The molecule has 2 fully saturated rings. The summed E-state index contributed by atoms with van der Waals surface area (Å²) in [6.07, 6.45) is 3.59. The number of nitrogens with two attached hydrogens (primary N) is 1. The second kappa shape index (κ2) is 5.20. The van der Waals surface area contributed by atoms with E-state index in [0.717, 1.165) is 36.8 Å². The van der Waals surface area contributed by atoms with E-state index in [0.29, 0.717) is 17.8 Å². The van der Waals surface area contributed by atoms with Crippen LogP contribution in [0.1, 0.15) is 43.5 Å². The average Bonchev–Trinajstić information content (AvgIpc) is 3.22. The van der Waals surface area contributed by atoms with Crippen LogP contribution >= 0.6 is 0 Å². The van der Waals surface area contributed by atoms with Crippen molar-refractivity contribution >= 4 is 11.6 Å². The van der Waals surface area contributed by atoms with Gasteiger partial charge in [0.1, 0.15) is 17.5 Å². The summed E-state index contributed by atoms with van der Waals surface area (Å²) in [4.78, 5) is 14.2. The van der Waals surface area contributed by atoms with Crippen molar-refractivity contribution in [2.45, 2.75) is 45.1 Å². The molecule has 2 aliphatic rings. The zero-order valence-electron chi connectivity index (χ0n) is 12.8. The van der Waals surface area contributed by atoms with Gasteiger partial charge in [-0.1, -0.05) is 0 Å². The first-order chi connectivity index (χ1) is 9.56. The number of anilines is 2. The Morgan fingerprint density at radius 1 is 1.20 bits per heavy atom. The van der Waals surface area contributed by atoms with Crippen LogP contribution in [0.5, 0.6) is 0 Å². The molecule has 0 bridgehead atoms. The Balaban J connectivity index is 1.95. The lowest BCUT2D eigenvalue weighted by Crippen LogP contribution is -2.39. The van der Waals surface area contributed by atoms with Gasteiger partial charge < -0.3 is 15.5 Å². The highest BCUT2D eigenvalue weighted by Crippen LogP contribution is 2.40. The van der Waals surface area contributed by atoms with Gasteiger partial charge in [0.25, 0.3) is 0 Å². The van der Waals surface area contributed by atoms with Crippen LogP contribution in [-0.4, -0.2) is 47.6 Å². The van der Waals surface area contributed by atoms with Gasteiger partial charge in [0.05, 0.1) is 0 Å². The Bertz CT molecular complexity index is 497. The first-order valence-corrected chi connectivity index (χ1v) is 7.65. The molecule has 2 N–H and O–H groups in total. The van der Waals surface area contributed by atoms with Gasteiger partial charge in [-0.15, -0.1) is 0 Å². The van der Waals surface area contributed by atoms with Crippen molar-refractivity contribution in [2.24, 2.45) is 0 Å². The van der Waals surface area contributed by atoms with Crippen LogP contribution in [0.2, 0.25) is 0 Å². The van der Waals surface area contributed by atoms with E-state index in [4.69, 9.17) is 10.7 Å². The van der Waals surface area contributed by atoms with Gasteiger partial charge >= 0.3 is 0 Å². The summed E-state index contributed by atoms with van der Waals surface area (Å²) in [5.41, 5.74) is 7.15. The number of likely N-dealkylation sites (N-methyl/N-ethyl adjacent to an activating group) is 1. The van der Waals surface area contributed by atoms with Gasteiger partial charge in [0, 0.05) is 30.6 Å². The molecule has 20 heavy (non-hydrogen) atoms. The second-order valence-electron chi connectivity index (χ2n) is 6.35. The minimum Gasteiger partial charge on any atom is -0.383 e. The SMILES string of the molecule is Cc1c(N)nc(C2CC2)nc1N1CCCN(C)CC1C. The highest BCUT2D eigenvalue weighted by molar-refractivity contribution is 5.57. The van der Waals surface area contributed by atoms with Crippen molar-refractivity contribution < 1.29 is 0 Å². The van der Waals surface area contributed by atoms with Gasteiger partial charge in [-0.2, -0.15) is 0 Å². The first kappa shape index (κ1) is 13.6. The maximum atomic E-state index is 6.12. The molecule has 0 spiro atoms. The van der Waals surface area contributed by atoms with E-state index in [2.05, 4.69) is 28.8 Å². The lowest BCUT2D eigenvalue weighted by molar-refractivity contribution is 0.337. The summed E-state index contributed by atoms with van der Waals surface area (Å²) < 4.78 is 0. The van der Waals surface area contributed by atoms with Crippen LogP contribution < -0.4 is 10.6 Å². The smallest absolute Gasteiger partial charge is 0.137 e. The van der Waals surface area contributed by atoms with E-state index in [1.165, 1.54) is 19.3 Å². The molecule has 5 nitrogen and oxygen atoms in total. The molecule has 1 aliphatic heterocycles. The number of hydrogen-bond acceptors (Lipinski definition) is 5. The van der Waals surface area contributed by atoms with Crippen molar-refractivity contribution in [2.75, 3.05) is 37.3 Å². The minimum absolute atomic E-state index is 0.461. The van der Waals surface area contributed by atoms with E-state index < -0.39 is 0 Å². The van der Waals surface area contributed by atoms with Crippen LogP contribution in [0.15, 0.2) is 0 Å². The molecule has 0 radical (unpaired) electrons. The Morgan fingerprint density at radius 2 is 1.95 bits per heavy atom. The lowest BCUT2D eigenvalue weighted by Gasteiger charge is -2.30. The maximum Gasteiger partial charge on any atom is 0.137 e. The monoisotopic (exact) mass is 275 g/mol. The van der Waals surface area contributed by atoms with Crippen LogP contribution in [0.25, 0.3) is 0 Å². The number of hydrogen-bond donors (Lipinski definition) is 1. The molecule has 2 heterocycles. The van der Waals surface area contributed by atoms with Gasteiger partial charge in [0.2, 0.25) is 0 Å². The predicted octanol–water partition coefficient (Wildman–Crippen LogP) is 1.78. The Morgan fingerprint density at radius 3 is 2.65 bits per heavy atom. The van der Waals surface area contributed by atoms with Crippen LogP contribution in [0.3, 0.4) is 0 Å². The predicted molar refractivity (Wildman–Crippen MR) is 82.1 cm³/mol. The highest BCUT2D eigenvalue weighted by Gasteiger charge is 2.30. The fraction of sp³-hybridized carbons (Fsp3) is 0.733. The fourth-order valence-corrected chi connectivity index (χ4v) is 3.03. The second-order valence-corrected chi connectivity index (χ2v) is 6.35. The van der Waals surface area contributed by atoms with Crippen molar-refractivity contribution in [1.29, 1.82) is 0 Å². The summed E-state index contributed by atoms with van der Waals surface area (Å²) in [5.74, 6) is 3.21. The third kappa shape index (κ3) is 2.59. The molecule has 110 valence electrons. The van der Waals surface area contributed by atoms with Crippen molar-refractivity contribution in [3.8, 4) is 0 Å². The van der Waals surface area contributed by atoms with E-state index in [1.807, 2.05) is 6.92 Å². The summed E-state index contributed by atoms with van der Waals surface area (Å²) in [5, 5.41) is 0. The molecule has 1 aromatic rings. The number of nitrogen functional groups attached to an aromatic ring is 1. The van der Waals surface area contributed by atoms with E-state index in [9.17, 15) is 0 Å². The molecular weight excluding hydrogens is 250 g/mol. The van der Waals surface area contributed by atoms with Crippen LogP contribution in [-0.2, 0) is 0 Å². The molecule has 1 unspecified atom stereocenters. The molecule has 1 saturated heterocycles. The van der Waals surface area contributed by atoms with E-state index in [-0.39, 0.29) is 0 Å². The molecule has 0 aromatic carbocycles. The molecule has 0 amide bonds. The first-order valence-electron chi connectivity index (χ1n) is 7.65. The van der Waals surface area contributed by atoms with Gasteiger partial charge in [-0.25, -0.2) is 9.97 Å². The summed E-state index contributed by atoms with van der Waals surface area (Å²) in [6, 6.07) is 0.461. The van der Waals surface area contributed by atoms with Crippen molar-refractivity contribution in [3.05, 3.63) is 11.4 Å². The third-order valence-corrected chi connectivity index (χ3v) is 4.44. The molecule has 1 saturated carbocycles.